The molecule has 0 radical (unpaired) electrons. The Morgan fingerprint density at radius 3 is 2.14 bits per heavy atom. The van der Waals surface area contributed by atoms with E-state index in [1.807, 2.05) is 0 Å². The number of rotatable bonds is 7. The van der Waals surface area contributed by atoms with Gasteiger partial charge in [0.25, 0.3) is 10.0 Å². The van der Waals surface area contributed by atoms with Gasteiger partial charge in [-0.3, -0.25) is 9.29 Å². The topological polar surface area (TPSA) is 119 Å². The summed E-state index contributed by atoms with van der Waals surface area (Å²) < 4.78 is 60.3. The lowest BCUT2D eigenvalue weighted by Crippen LogP contribution is -2.30. The molecular formula is C18H21N3O6S2. The SMILES string of the molecule is CCN(CC)S(=O)(=O)c1ccc(NS(=O)(=O)c2ccc3c(c2)oc(=O)n3C)cc1. The van der Waals surface area contributed by atoms with Gasteiger partial charge in [-0.25, -0.2) is 21.6 Å². The molecule has 0 atom stereocenters. The predicted molar refractivity (Wildman–Crippen MR) is 109 cm³/mol. The summed E-state index contributed by atoms with van der Waals surface area (Å²) in [5.41, 5.74) is 0.832. The second-order valence-electron chi connectivity index (χ2n) is 6.28. The van der Waals surface area contributed by atoms with Crippen molar-refractivity contribution in [3.8, 4) is 0 Å². The van der Waals surface area contributed by atoms with Gasteiger partial charge in [-0.1, -0.05) is 13.8 Å². The molecule has 0 aliphatic heterocycles. The molecule has 0 aliphatic carbocycles. The van der Waals surface area contributed by atoms with Crippen LogP contribution in [0.5, 0.6) is 0 Å². The van der Waals surface area contributed by atoms with Crippen LogP contribution in [0.15, 0.2) is 61.5 Å². The van der Waals surface area contributed by atoms with E-state index in [9.17, 15) is 21.6 Å². The summed E-state index contributed by atoms with van der Waals surface area (Å²) in [4.78, 5) is 11.6. The molecule has 2 aromatic carbocycles. The van der Waals surface area contributed by atoms with Gasteiger partial charge in [0, 0.05) is 31.9 Å². The van der Waals surface area contributed by atoms with Crippen molar-refractivity contribution in [3.63, 3.8) is 0 Å². The smallest absolute Gasteiger partial charge is 0.408 e. The molecule has 0 saturated heterocycles. The molecule has 156 valence electrons. The Bertz CT molecular complexity index is 1300. The molecule has 29 heavy (non-hydrogen) atoms. The van der Waals surface area contributed by atoms with Crippen LogP contribution in [0, 0.1) is 0 Å². The van der Waals surface area contributed by atoms with Crippen LogP contribution in [-0.2, 0) is 27.1 Å². The summed E-state index contributed by atoms with van der Waals surface area (Å²) in [6.45, 7) is 4.17. The first-order chi connectivity index (χ1) is 13.6. The first-order valence-electron chi connectivity index (χ1n) is 8.82. The first-order valence-corrected chi connectivity index (χ1v) is 11.7. The van der Waals surface area contributed by atoms with Crippen LogP contribution < -0.4 is 10.5 Å². The van der Waals surface area contributed by atoms with Crippen molar-refractivity contribution in [1.29, 1.82) is 0 Å². The molecule has 1 heterocycles. The predicted octanol–water partition coefficient (Wildman–Crippen LogP) is 1.96. The van der Waals surface area contributed by atoms with E-state index in [4.69, 9.17) is 4.42 Å². The Kier molecular flexibility index (Phi) is 5.57. The zero-order valence-corrected chi connectivity index (χ0v) is 17.7. The number of hydrogen-bond donors (Lipinski definition) is 1. The molecule has 0 bridgehead atoms. The van der Waals surface area contributed by atoms with E-state index in [-0.39, 0.29) is 21.1 Å². The summed E-state index contributed by atoms with van der Waals surface area (Å²) in [7, 11) is -6.07. The quantitative estimate of drug-likeness (QED) is 0.601. The average molecular weight is 440 g/mol. The lowest BCUT2D eigenvalue weighted by molar-refractivity contribution is 0.445. The fraction of sp³-hybridized carbons (Fsp3) is 0.278. The van der Waals surface area contributed by atoms with Crippen molar-refractivity contribution in [2.24, 2.45) is 7.05 Å². The Morgan fingerprint density at radius 1 is 0.966 bits per heavy atom. The number of nitrogens with one attached hydrogen (secondary N) is 1. The van der Waals surface area contributed by atoms with Crippen LogP contribution in [0.1, 0.15) is 13.8 Å². The first kappa shape index (κ1) is 21.1. The Hall–Kier alpha value is -2.63. The summed E-state index contributed by atoms with van der Waals surface area (Å²) in [5.74, 6) is -0.590. The normalized spacial score (nSPS) is 12.6. The van der Waals surface area contributed by atoms with E-state index in [1.54, 1.807) is 13.8 Å². The second kappa shape index (κ2) is 7.65. The minimum Gasteiger partial charge on any atom is -0.408 e. The van der Waals surface area contributed by atoms with Gasteiger partial charge in [0.2, 0.25) is 10.0 Å². The van der Waals surface area contributed by atoms with Crippen LogP contribution in [-0.4, -0.2) is 38.8 Å². The maximum absolute atomic E-state index is 12.7. The summed E-state index contributed by atoms with van der Waals surface area (Å²) in [5, 5.41) is 0. The van der Waals surface area contributed by atoms with Gasteiger partial charge in [0.1, 0.15) is 0 Å². The van der Waals surface area contributed by atoms with E-state index in [0.29, 0.717) is 18.6 Å². The molecular weight excluding hydrogens is 418 g/mol. The monoisotopic (exact) mass is 439 g/mol. The van der Waals surface area contributed by atoms with Crippen LogP contribution in [0.2, 0.25) is 0 Å². The van der Waals surface area contributed by atoms with E-state index in [2.05, 4.69) is 4.72 Å². The number of aromatic nitrogens is 1. The molecule has 0 spiro atoms. The van der Waals surface area contributed by atoms with Crippen LogP contribution in [0.25, 0.3) is 11.1 Å². The molecule has 1 N–H and O–H groups in total. The zero-order chi connectivity index (χ0) is 21.4. The standard InChI is InChI=1S/C18H21N3O6S2/c1-4-21(5-2)29(25,26)14-8-6-13(7-9-14)19-28(23,24)15-10-11-16-17(12-15)27-18(22)20(16)3/h6-12,19H,4-5H2,1-3H3. The highest BCUT2D eigenvalue weighted by molar-refractivity contribution is 7.92. The van der Waals surface area contributed by atoms with Gasteiger partial charge < -0.3 is 4.42 Å². The van der Waals surface area contributed by atoms with Crippen LogP contribution in [0.4, 0.5) is 5.69 Å². The molecule has 0 aliphatic rings. The molecule has 1 aromatic heterocycles. The van der Waals surface area contributed by atoms with Crippen molar-refractivity contribution in [2.75, 3.05) is 17.8 Å². The van der Waals surface area contributed by atoms with Crippen LogP contribution in [0.3, 0.4) is 0 Å². The summed E-state index contributed by atoms with van der Waals surface area (Å²) in [6, 6.07) is 9.58. The highest BCUT2D eigenvalue weighted by Crippen LogP contribution is 2.23. The van der Waals surface area contributed by atoms with Gasteiger partial charge in [0.15, 0.2) is 5.58 Å². The number of hydrogen-bond acceptors (Lipinski definition) is 6. The number of fused-ring (bicyclic) bond motifs is 1. The minimum absolute atomic E-state index is 0.0802. The third-order valence-electron chi connectivity index (χ3n) is 4.52. The van der Waals surface area contributed by atoms with Gasteiger partial charge in [-0.05, 0) is 36.4 Å². The minimum atomic E-state index is -3.96. The van der Waals surface area contributed by atoms with E-state index < -0.39 is 25.8 Å². The van der Waals surface area contributed by atoms with E-state index in [0.717, 1.165) is 0 Å². The second-order valence-corrected chi connectivity index (χ2v) is 9.90. The van der Waals surface area contributed by atoms with Crippen molar-refractivity contribution in [3.05, 3.63) is 53.0 Å². The fourth-order valence-electron chi connectivity index (χ4n) is 2.90. The summed E-state index contributed by atoms with van der Waals surface area (Å²) in [6.07, 6.45) is 0. The largest absolute Gasteiger partial charge is 0.419 e. The lowest BCUT2D eigenvalue weighted by atomic mass is 10.3. The molecule has 9 nitrogen and oxygen atoms in total. The van der Waals surface area contributed by atoms with Crippen LogP contribution >= 0.6 is 0 Å². The third kappa shape index (κ3) is 3.93. The van der Waals surface area contributed by atoms with Crippen molar-refractivity contribution in [1.82, 2.24) is 8.87 Å². The lowest BCUT2D eigenvalue weighted by Gasteiger charge is -2.18. The Balaban J connectivity index is 1.88. The fourth-order valence-corrected chi connectivity index (χ4v) is 5.43. The third-order valence-corrected chi connectivity index (χ3v) is 7.97. The number of nitrogens with zero attached hydrogens (tertiary/aromatic N) is 2. The van der Waals surface area contributed by atoms with Gasteiger partial charge in [-0.15, -0.1) is 0 Å². The molecule has 3 aromatic rings. The van der Waals surface area contributed by atoms with Gasteiger partial charge in [0.05, 0.1) is 15.3 Å². The van der Waals surface area contributed by atoms with Crippen molar-refractivity contribution >= 4 is 36.8 Å². The molecule has 0 unspecified atom stereocenters. The zero-order valence-electron chi connectivity index (χ0n) is 16.1. The highest BCUT2D eigenvalue weighted by Gasteiger charge is 2.22. The molecule has 0 amide bonds. The number of sulfonamides is 2. The molecule has 3 rings (SSSR count). The molecule has 0 fully saturated rings. The molecule has 0 saturated carbocycles. The van der Waals surface area contributed by atoms with Crippen molar-refractivity contribution in [2.45, 2.75) is 23.6 Å². The van der Waals surface area contributed by atoms with E-state index >= 15 is 0 Å². The number of benzene rings is 2. The van der Waals surface area contributed by atoms with Crippen molar-refractivity contribution < 1.29 is 21.3 Å². The molecule has 11 heteroatoms. The number of aryl methyl sites for hydroxylation is 1. The number of oxazole rings is 1. The maximum Gasteiger partial charge on any atom is 0.419 e. The maximum atomic E-state index is 12.7. The highest BCUT2D eigenvalue weighted by atomic mass is 32.2. The van der Waals surface area contributed by atoms with Gasteiger partial charge in [-0.2, -0.15) is 4.31 Å². The average Bonchev–Trinajstić information content (AvgIpc) is 2.96. The Morgan fingerprint density at radius 2 is 1.55 bits per heavy atom. The Labute approximate surface area is 168 Å². The van der Waals surface area contributed by atoms with E-state index in [1.165, 1.54) is 58.4 Å². The summed E-state index contributed by atoms with van der Waals surface area (Å²) >= 11 is 0. The number of anilines is 1. The van der Waals surface area contributed by atoms with Gasteiger partial charge >= 0.3 is 5.76 Å².